The van der Waals surface area contributed by atoms with Gasteiger partial charge in [-0.3, -0.25) is 4.90 Å². The summed E-state index contributed by atoms with van der Waals surface area (Å²) in [6, 6.07) is 14.4. The molecular weight excluding hydrogens is 268 g/mol. The van der Waals surface area contributed by atoms with Gasteiger partial charge in [-0.25, -0.2) is 4.79 Å². The van der Waals surface area contributed by atoms with Gasteiger partial charge >= 0.3 is 6.03 Å². The number of nitrogens with one attached hydrogen (secondary N) is 1. The maximum atomic E-state index is 12.2. The molecule has 0 heterocycles. The van der Waals surface area contributed by atoms with E-state index in [4.69, 9.17) is 9.47 Å². The van der Waals surface area contributed by atoms with Crippen LogP contribution in [0.4, 0.5) is 16.2 Å². The number of amides is 2. The predicted molar refractivity (Wildman–Crippen MR) is 83.4 cm³/mol. The summed E-state index contributed by atoms with van der Waals surface area (Å²) in [6.45, 7) is 0. The molecule has 0 atom stereocenters. The lowest BCUT2D eigenvalue weighted by atomic mass is 10.2. The van der Waals surface area contributed by atoms with Crippen molar-refractivity contribution in [3.8, 4) is 11.5 Å². The summed E-state index contributed by atoms with van der Waals surface area (Å²) in [6.07, 6.45) is 0. The Morgan fingerprint density at radius 2 is 1.67 bits per heavy atom. The lowest BCUT2D eigenvalue weighted by molar-refractivity contribution is 0.258. The Morgan fingerprint density at radius 1 is 1.00 bits per heavy atom. The molecule has 5 heteroatoms. The van der Waals surface area contributed by atoms with Gasteiger partial charge in [0.05, 0.1) is 14.2 Å². The van der Waals surface area contributed by atoms with Crippen LogP contribution in [0, 0.1) is 0 Å². The van der Waals surface area contributed by atoms with E-state index in [0.29, 0.717) is 17.2 Å². The number of methoxy groups -OCH3 is 2. The first-order valence-electron chi connectivity index (χ1n) is 6.47. The van der Waals surface area contributed by atoms with Gasteiger partial charge < -0.3 is 14.8 Å². The Balaban J connectivity index is 2.15. The van der Waals surface area contributed by atoms with E-state index >= 15 is 0 Å². The van der Waals surface area contributed by atoms with Crippen molar-refractivity contribution >= 4 is 17.4 Å². The Labute approximate surface area is 124 Å². The van der Waals surface area contributed by atoms with E-state index in [1.54, 1.807) is 39.5 Å². The molecule has 2 aromatic carbocycles. The van der Waals surface area contributed by atoms with E-state index in [0.717, 1.165) is 5.69 Å². The molecule has 0 spiro atoms. The average Bonchev–Trinajstić information content (AvgIpc) is 2.54. The number of benzene rings is 2. The molecule has 0 radical (unpaired) electrons. The highest BCUT2D eigenvalue weighted by molar-refractivity contribution is 6.01. The zero-order valence-electron chi connectivity index (χ0n) is 12.3. The third kappa shape index (κ3) is 3.45. The summed E-state index contributed by atoms with van der Waals surface area (Å²) >= 11 is 0. The second-order valence-electron chi connectivity index (χ2n) is 4.39. The van der Waals surface area contributed by atoms with Crippen LogP contribution in [0.5, 0.6) is 11.5 Å². The van der Waals surface area contributed by atoms with Crippen molar-refractivity contribution in [2.75, 3.05) is 31.5 Å². The first-order chi connectivity index (χ1) is 10.2. The fourth-order valence-corrected chi connectivity index (χ4v) is 1.88. The van der Waals surface area contributed by atoms with E-state index in [2.05, 4.69) is 5.32 Å². The van der Waals surface area contributed by atoms with Crippen molar-refractivity contribution in [2.45, 2.75) is 0 Å². The first-order valence-corrected chi connectivity index (χ1v) is 6.47. The molecule has 5 nitrogen and oxygen atoms in total. The predicted octanol–water partition coefficient (Wildman–Crippen LogP) is 3.37. The number of para-hydroxylation sites is 1. The van der Waals surface area contributed by atoms with Crippen LogP contribution < -0.4 is 19.7 Å². The number of rotatable bonds is 4. The minimum atomic E-state index is -0.228. The minimum Gasteiger partial charge on any atom is -0.493 e. The van der Waals surface area contributed by atoms with Gasteiger partial charge in [-0.15, -0.1) is 0 Å². The van der Waals surface area contributed by atoms with Crippen LogP contribution in [-0.4, -0.2) is 27.3 Å². The topological polar surface area (TPSA) is 50.8 Å². The van der Waals surface area contributed by atoms with E-state index in [9.17, 15) is 4.79 Å². The Bertz CT molecular complexity index is 614. The van der Waals surface area contributed by atoms with Crippen molar-refractivity contribution in [1.82, 2.24) is 0 Å². The van der Waals surface area contributed by atoms with Gasteiger partial charge in [0.15, 0.2) is 11.5 Å². The molecule has 0 unspecified atom stereocenters. The van der Waals surface area contributed by atoms with Crippen molar-refractivity contribution in [2.24, 2.45) is 0 Å². The summed E-state index contributed by atoms with van der Waals surface area (Å²) in [5, 5.41) is 2.82. The number of anilines is 2. The van der Waals surface area contributed by atoms with Crippen LogP contribution in [0.15, 0.2) is 48.5 Å². The Kier molecular flexibility index (Phi) is 4.66. The summed E-state index contributed by atoms with van der Waals surface area (Å²) in [7, 11) is 4.83. The Morgan fingerprint density at radius 3 is 2.29 bits per heavy atom. The van der Waals surface area contributed by atoms with Gasteiger partial charge in [0.2, 0.25) is 0 Å². The number of hydrogen-bond donors (Lipinski definition) is 1. The number of carbonyl (C=O) groups is 1. The standard InChI is InChI=1S/C16H18N2O3/c1-18(16(19)17-12-7-5-4-6-8-12)13-9-10-14(20-2)15(11-13)21-3/h4-11H,1-3H3,(H,17,19). The maximum absolute atomic E-state index is 12.2. The third-order valence-corrected chi connectivity index (χ3v) is 3.08. The molecule has 0 saturated carbocycles. The molecule has 0 aliphatic carbocycles. The molecule has 0 aliphatic rings. The second-order valence-corrected chi connectivity index (χ2v) is 4.39. The van der Waals surface area contributed by atoms with Crippen molar-refractivity contribution < 1.29 is 14.3 Å². The molecular formula is C16H18N2O3. The SMILES string of the molecule is COc1ccc(N(C)C(=O)Nc2ccccc2)cc1OC. The monoisotopic (exact) mass is 286 g/mol. The molecule has 0 saturated heterocycles. The molecule has 21 heavy (non-hydrogen) atoms. The van der Waals surface area contributed by atoms with Crippen LogP contribution in [0.25, 0.3) is 0 Å². The van der Waals surface area contributed by atoms with Gasteiger partial charge in [0.1, 0.15) is 0 Å². The quantitative estimate of drug-likeness (QED) is 0.937. The number of carbonyl (C=O) groups excluding carboxylic acids is 1. The molecule has 2 rings (SSSR count). The lowest BCUT2D eigenvalue weighted by Crippen LogP contribution is -2.31. The zero-order valence-corrected chi connectivity index (χ0v) is 12.3. The van der Waals surface area contributed by atoms with Crippen LogP contribution in [-0.2, 0) is 0 Å². The van der Waals surface area contributed by atoms with E-state index in [1.165, 1.54) is 4.90 Å². The van der Waals surface area contributed by atoms with Crippen LogP contribution in [0.2, 0.25) is 0 Å². The van der Waals surface area contributed by atoms with Crippen molar-refractivity contribution in [1.29, 1.82) is 0 Å². The van der Waals surface area contributed by atoms with Gasteiger partial charge in [-0.1, -0.05) is 18.2 Å². The maximum Gasteiger partial charge on any atom is 0.326 e. The fourth-order valence-electron chi connectivity index (χ4n) is 1.88. The van der Waals surface area contributed by atoms with Crippen LogP contribution in [0.1, 0.15) is 0 Å². The highest BCUT2D eigenvalue weighted by Gasteiger charge is 2.13. The summed E-state index contributed by atoms with van der Waals surface area (Å²) in [4.78, 5) is 13.7. The summed E-state index contributed by atoms with van der Waals surface area (Å²) in [5.41, 5.74) is 1.45. The molecule has 2 aromatic rings. The molecule has 0 aromatic heterocycles. The van der Waals surface area contributed by atoms with Gasteiger partial charge in [-0.05, 0) is 24.3 Å². The normalized spacial score (nSPS) is 9.86. The molecule has 2 amide bonds. The molecule has 0 aliphatic heterocycles. The van der Waals surface area contributed by atoms with Gasteiger partial charge in [-0.2, -0.15) is 0 Å². The molecule has 0 bridgehead atoms. The smallest absolute Gasteiger partial charge is 0.326 e. The molecule has 0 fully saturated rings. The highest BCUT2D eigenvalue weighted by atomic mass is 16.5. The number of nitrogens with zero attached hydrogens (tertiary/aromatic N) is 1. The van der Waals surface area contributed by atoms with Crippen molar-refractivity contribution in [3.63, 3.8) is 0 Å². The Hall–Kier alpha value is -2.69. The second kappa shape index (κ2) is 6.65. The van der Waals surface area contributed by atoms with E-state index in [1.807, 2.05) is 30.3 Å². The minimum absolute atomic E-state index is 0.228. The summed E-state index contributed by atoms with van der Waals surface area (Å²) < 4.78 is 10.4. The molecule has 1 N–H and O–H groups in total. The lowest BCUT2D eigenvalue weighted by Gasteiger charge is -2.19. The fraction of sp³-hybridized carbons (Fsp3) is 0.188. The van der Waals surface area contributed by atoms with E-state index in [-0.39, 0.29) is 6.03 Å². The molecule has 110 valence electrons. The largest absolute Gasteiger partial charge is 0.493 e. The number of hydrogen-bond acceptors (Lipinski definition) is 3. The summed E-state index contributed by atoms with van der Waals surface area (Å²) in [5.74, 6) is 1.20. The van der Waals surface area contributed by atoms with Crippen LogP contribution >= 0.6 is 0 Å². The van der Waals surface area contributed by atoms with E-state index < -0.39 is 0 Å². The highest BCUT2D eigenvalue weighted by Crippen LogP contribution is 2.31. The van der Waals surface area contributed by atoms with Crippen LogP contribution in [0.3, 0.4) is 0 Å². The zero-order chi connectivity index (χ0) is 15.2. The first kappa shape index (κ1) is 14.7. The number of ether oxygens (including phenoxy) is 2. The number of urea groups is 1. The van der Waals surface area contributed by atoms with Crippen molar-refractivity contribution in [3.05, 3.63) is 48.5 Å². The van der Waals surface area contributed by atoms with Gasteiger partial charge in [0.25, 0.3) is 0 Å². The average molecular weight is 286 g/mol. The van der Waals surface area contributed by atoms with Gasteiger partial charge in [0, 0.05) is 24.5 Å². The third-order valence-electron chi connectivity index (χ3n) is 3.08.